The van der Waals surface area contributed by atoms with Gasteiger partial charge in [0.25, 0.3) is 11.6 Å². The summed E-state index contributed by atoms with van der Waals surface area (Å²) < 4.78 is 16.3. The lowest BCUT2D eigenvalue weighted by molar-refractivity contribution is 0.0629. The fourth-order valence-corrected chi connectivity index (χ4v) is 4.10. The van der Waals surface area contributed by atoms with Crippen LogP contribution in [-0.4, -0.2) is 66.2 Å². The van der Waals surface area contributed by atoms with Crippen molar-refractivity contribution in [2.24, 2.45) is 0 Å². The molecule has 0 unspecified atom stereocenters. The first-order valence-electron chi connectivity index (χ1n) is 10.9. The Morgan fingerprint density at radius 1 is 1.12 bits per heavy atom. The highest BCUT2D eigenvalue weighted by atomic mass is 16.5. The van der Waals surface area contributed by atoms with Gasteiger partial charge in [0.15, 0.2) is 0 Å². The Kier molecular flexibility index (Phi) is 6.32. The molecule has 0 N–H and O–H groups in total. The first-order chi connectivity index (χ1) is 15.4. The van der Waals surface area contributed by atoms with Crippen LogP contribution in [0.3, 0.4) is 0 Å². The topological polar surface area (TPSA) is 80.9 Å². The lowest BCUT2D eigenvalue weighted by Crippen LogP contribution is -2.48. The number of methoxy groups -OCH3 is 2. The molecular formula is C24H30N4O4. The Morgan fingerprint density at radius 2 is 1.88 bits per heavy atom. The number of hydrogen-bond donors (Lipinski definition) is 0. The summed E-state index contributed by atoms with van der Waals surface area (Å²) in [6.07, 6.45) is 0. The minimum atomic E-state index is 0.00390. The van der Waals surface area contributed by atoms with E-state index in [9.17, 15) is 4.79 Å². The summed E-state index contributed by atoms with van der Waals surface area (Å²) in [5.74, 6) is 1.84. The number of carbonyl (C=O) groups is 1. The van der Waals surface area contributed by atoms with E-state index in [1.807, 2.05) is 36.1 Å². The Balaban J connectivity index is 1.50. The molecule has 0 radical (unpaired) electrons. The first kappa shape index (κ1) is 22.1. The average molecular weight is 439 g/mol. The minimum Gasteiger partial charge on any atom is -0.497 e. The van der Waals surface area contributed by atoms with Crippen LogP contribution in [0.4, 0.5) is 0 Å². The van der Waals surface area contributed by atoms with Crippen LogP contribution in [0.2, 0.25) is 0 Å². The van der Waals surface area contributed by atoms with Gasteiger partial charge in [0.1, 0.15) is 11.5 Å². The van der Waals surface area contributed by atoms with Crippen molar-refractivity contribution in [2.45, 2.75) is 33.2 Å². The predicted octanol–water partition coefficient (Wildman–Crippen LogP) is 3.63. The fourth-order valence-electron chi connectivity index (χ4n) is 4.10. The van der Waals surface area contributed by atoms with Crippen LogP contribution in [-0.2, 0) is 6.54 Å². The maximum atomic E-state index is 13.5. The lowest BCUT2D eigenvalue weighted by atomic mass is 10.0. The first-order valence-corrected chi connectivity index (χ1v) is 10.9. The summed E-state index contributed by atoms with van der Waals surface area (Å²) in [7, 11) is 3.34. The van der Waals surface area contributed by atoms with Crippen molar-refractivity contribution in [3.05, 3.63) is 46.8 Å². The molecule has 8 heteroatoms. The summed E-state index contributed by atoms with van der Waals surface area (Å²) in [6.45, 7) is 9.55. The van der Waals surface area contributed by atoms with Crippen LogP contribution >= 0.6 is 0 Å². The molecule has 0 saturated carbocycles. The van der Waals surface area contributed by atoms with Crippen molar-refractivity contribution in [3.8, 4) is 11.5 Å². The number of pyridine rings is 1. The summed E-state index contributed by atoms with van der Waals surface area (Å²) >= 11 is 0. The van der Waals surface area contributed by atoms with Crippen LogP contribution in [0.15, 0.2) is 28.8 Å². The highest BCUT2D eigenvalue weighted by Crippen LogP contribution is 2.28. The molecule has 170 valence electrons. The molecule has 0 spiro atoms. The third kappa shape index (κ3) is 4.27. The van der Waals surface area contributed by atoms with Crippen LogP contribution < -0.4 is 9.47 Å². The van der Waals surface area contributed by atoms with Crippen LogP contribution in [0.5, 0.6) is 11.5 Å². The van der Waals surface area contributed by atoms with E-state index in [0.717, 1.165) is 42.4 Å². The molecule has 1 saturated heterocycles. The van der Waals surface area contributed by atoms with E-state index in [2.05, 4.69) is 28.9 Å². The molecule has 1 aliphatic rings. The number of amides is 1. The number of fused-ring (bicyclic) bond motifs is 1. The smallest absolute Gasteiger partial charge is 0.259 e. The maximum Gasteiger partial charge on any atom is 0.259 e. The minimum absolute atomic E-state index is 0.00390. The molecule has 8 nitrogen and oxygen atoms in total. The fraction of sp³-hybridized carbons (Fsp3) is 0.458. The highest BCUT2D eigenvalue weighted by Gasteiger charge is 2.27. The van der Waals surface area contributed by atoms with Gasteiger partial charge in [0, 0.05) is 44.0 Å². The normalized spacial score (nSPS) is 14.9. The predicted molar refractivity (Wildman–Crippen MR) is 121 cm³/mol. The zero-order valence-corrected chi connectivity index (χ0v) is 19.3. The zero-order chi connectivity index (χ0) is 22.8. The SMILES string of the molecule is COc1ccc(OC)c(CN2CCN(C(=O)c3cc(C(C)C)nc4onc(C)c34)CC2)c1. The molecule has 4 rings (SSSR count). The van der Waals surface area contributed by atoms with Crippen LogP contribution in [0, 0.1) is 6.92 Å². The van der Waals surface area contributed by atoms with Gasteiger partial charge in [0.2, 0.25) is 0 Å². The highest BCUT2D eigenvalue weighted by molar-refractivity contribution is 6.06. The average Bonchev–Trinajstić information content (AvgIpc) is 3.19. The number of rotatable bonds is 6. The second kappa shape index (κ2) is 9.16. The quantitative estimate of drug-likeness (QED) is 0.581. The van der Waals surface area contributed by atoms with Crippen LogP contribution in [0.1, 0.15) is 47.1 Å². The number of aryl methyl sites for hydroxylation is 1. The van der Waals surface area contributed by atoms with Crippen molar-refractivity contribution in [1.29, 1.82) is 0 Å². The van der Waals surface area contributed by atoms with Crippen LogP contribution in [0.25, 0.3) is 11.1 Å². The molecule has 1 aliphatic heterocycles. The molecule has 1 aromatic carbocycles. The second-order valence-corrected chi connectivity index (χ2v) is 8.44. The number of ether oxygens (including phenoxy) is 2. The van der Waals surface area contributed by atoms with Gasteiger partial charge < -0.3 is 18.9 Å². The molecule has 0 bridgehead atoms. The number of aromatic nitrogens is 2. The van der Waals surface area contributed by atoms with Gasteiger partial charge in [-0.3, -0.25) is 9.69 Å². The molecule has 3 aromatic rings. The van der Waals surface area contributed by atoms with Gasteiger partial charge in [-0.15, -0.1) is 0 Å². The molecule has 2 aromatic heterocycles. The van der Waals surface area contributed by atoms with Crippen molar-refractivity contribution < 1.29 is 18.8 Å². The van der Waals surface area contributed by atoms with Crippen molar-refractivity contribution >= 4 is 17.0 Å². The summed E-state index contributed by atoms with van der Waals surface area (Å²) in [5, 5.41) is 4.75. The van der Waals surface area contributed by atoms with E-state index in [-0.39, 0.29) is 11.8 Å². The standard InChI is InChI=1S/C24H30N4O4/c1-15(2)20-13-19(22-16(3)26-32-23(22)25-20)24(29)28-10-8-27(9-11-28)14-17-12-18(30-4)6-7-21(17)31-5/h6-7,12-13,15H,8-11,14H2,1-5H3. The maximum absolute atomic E-state index is 13.5. The van der Waals surface area contributed by atoms with E-state index in [4.69, 9.17) is 14.0 Å². The number of piperazine rings is 1. The van der Waals surface area contributed by atoms with Gasteiger partial charge in [-0.2, -0.15) is 0 Å². The Labute approximate surface area is 188 Å². The molecule has 0 aliphatic carbocycles. The summed E-state index contributed by atoms with van der Waals surface area (Å²) in [5.41, 5.74) is 3.65. The van der Waals surface area contributed by atoms with E-state index >= 15 is 0 Å². The van der Waals surface area contributed by atoms with Gasteiger partial charge in [-0.05, 0) is 37.1 Å². The van der Waals surface area contributed by atoms with Gasteiger partial charge in [0.05, 0.1) is 30.9 Å². The molecule has 0 atom stereocenters. The number of hydrogen-bond acceptors (Lipinski definition) is 7. The van der Waals surface area contributed by atoms with Crippen molar-refractivity contribution in [1.82, 2.24) is 19.9 Å². The lowest BCUT2D eigenvalue weighted by Gasteiger charge is -2.35. The van der Waals surface area contributed by atoms with Gasteiger partial charge in [-0.25, -0.2) is 4.98 Å². The van der Waals surface area contributed by atoms with E-state index in [1.165, 1.54) is 0 Å². The van der Waals surface area contributed by atoms with E-state index < -0.39 is 0 Å². The third-order valence-electron chi connectivity index (χ3n) is 6.00. The van der Waals surface area contributed by atoms with Gasteiger partial charge in [-0.1, -0.05) is 19.0 Å². The molecule has 1 fully saturated rings. The number of nitrogens with zero attached hydrogens (tertiary/aromatic N) is 4. The Bertz CT molecular complexity index is 1120. The van der Waals surface area contributed by atoms with E-state index in [0.29, 0.717) is 35.4 Å². The number of benzene rings is 1. The molecule has 3 heterocycles. The molecule has 1 amide bonds. The Hall–Kier alpha value is -3.13. The van der Waals surface area contributed by atoms with Crippen molar-refractivity contribution in [2.75, 3.05) is 40.4 Å². The summed E-state index contributed by atoms with van der Waals surface area (Å²) in [4.78, 5) is 22.2. The van der Waals surface area contributed by atoms with Gasteiger partial charge >= 0.3 is 0 Å². The monoisotopic (exact) mass is 438 g/mol. The Morgan fingerprint density at radius 3 is 2.53 bits per heavy atom. The zero-order valence-electron chi connectivity index (χ0n) is 19.3. The number of carbonyl (C=O) groups excluding carboxylic acids is 1. The van der Waals surface area contributed by atoms with Crippen molar-refractivity contribution in [3.63, 3.8) is 0 Å². The van der Waals surface area contributed by atoms with E-state index in [1.54, 1.807) is 14.2 Å². The largest absolute Gasteiger partial charge is 0.497 e. The summed E-state index contributed by atoms with van der Waals surface area (Å²) in [6, 6.07) is 7.72. The molecular weight excluding hydrogens is 408 g/mol. The second-order valence-electron chi connectivity index (χ2n) is 8.44. The third-order valence-corrected chi connectivity index (χ3v) is 6.00. The molecule has 32 heavy (non-hydrogen) atoms.